The van der Waals surface area contributed by atoms with Crippen molar-refractivity contribution < 1.29 is 17.9 Å². The van der Waals surface area contributed by atoms with Crippen molar-refractivity contribution in [2.24, 2.45) is 5.92 Å². The second-order valence-corrected chi connectivity index (χ2v) is 4.34. The molecule has 0 aromatic heterocycles. The highest BCUT2D eigenvalue weighted by Gasteiger charge is 2.27. The molecule has 0 aliphatic carbocycles. The van der Waals surface area contributed by atoms with E-state index in [-0.39, 0.29) is 6.61 Å². The third-order valence-electron chi connectivity index (χ3n) is 1.63. The normalized spacial score (nSPS) is 14.2. The van der Waals surface area contributed by atoms with Crippen LogP contribution in [0.1, 0.15) is 6.92 Å². The summed E-state index contributed by atoms with van der Waals surface area (Å²) < 4.78 is 39.4. The standard InChI is InChI=1S/C9H18F3NOS/c1-8(6-15-2)5-13-3-4-14-7-9(10,11)12/h8,13H,3-7H2,1-2H3. The van der Waals surface area contributed by atoms with Gasteiger partial charge in [-0.05, 0) is 24.5 Å². The van der Waals surface area contributed by atoms with Gasteiger partial charge in [0.1, 0.15) is 6.61 Å². The largest absolute Gasteiger partial charge is 0.411 e. The minimum atomic E-state index is -4.22. The van der Waals surface area contributed by atoms with Gasteiger partial charge in [0, 0.05) is 6.54 Å². The zero-order valence-corrected chi connectivity index (χ0v) is 9.88. The fourth-order valence-corrected chi connectivity index (χ4v) is 1.71. The molecule has 0 aliphatic heterocycles. The Morgan fingerprint density at radius 3 is 2.60 bits per heavy atom. The second kappa shape index (κ2) is 8.24. The molecule has 0 saturated carbocycles. The highest BCUT2D eigenvalue weighted by molar-refractivity contribution is 7.98. The van der Waals surface area contributed by atoms with Gasteiger partial charge in [0.25, 0.3) is 0 Å². The molecule has 0 aromatic carbocycles. The molecule has 0 saturated heterocycles. The third kappa shape index (κ3) is 12.0. The van der Waals surface area contributed by atoms with Gasteiger partial charge in [0.15, 0.2) is 0 Å². The Bertz CT molecular complexity index is 155. The van der Waals surface area contributed by atoms with Crippen LogP contribution in [-0.4, -0.2) is 44.5 Å². The minimum absolute atomic E-state index is 0.103. The average Bonchev–Trinajstić information content (AvgIpc) is 2.09. The summed E-state index contributed by atoms with van der Waals surface area (Å²) in [5, 5.41) is 3.05. The van der Waals surface area contributed by atoms with E-state index in [1.807, 2.05) is 6.26 Å². The Hall–Kier alpha value is 0.0600. The van der Waals surface area contributed by atoms with E-state index in [4.69, 9.17) is 0 Å². The summed E-state index contributed by atoms with van der Waals surface area (Å²) in [7, 11) is 0. The number of nitrogens with one attached hydrogen (secondary N) is 1. The fraction of sp³-hybridized carbons (Fsp3) is 1.00. The Morgan fingerprint density at radius 1 is 1.40 bits per heavy atom. The van der Waals surface area contributed by atoms with E-state index in [0.29, 0.717) is 12.5 Å². The maximum Gasteiger partial charge on any atom is 0.411 e. The SMILES string of the molecule is CSCC(C)CNCCOCC(F)(F)F. The van der Waals surface area contributed by atoms with E-state index in [1.165, 1.54) is 0 Å². The molecule has 0 radical (unpaired) electrons. The molecule has 1 unspecified atom stereocenters. The minimum Gasteiger partial charge on any atom is -0.371 e. The zero-order chi connectivity index (χ0) is 11.7. The molecule has 0 amide bonds. The Labute approximate surface area is 92.9 Å². The summed E-state index contributed by atoms with van der Waals surface area (Å²) in [6, 6.07) is 0. The monoisotopic (exact) mass is 245 g/mol. The van der Waals surface area contributed by atoms with E-state index in [2.05, 4.69) is 17.0 Å². The average molecular weight is 245 g/mol. The lowest BCUT2D eigenvalue weighted by molar-refractivity contribution is -0.173. The van der Waals surface area contributed by atoms with E-state index < -0.39 is 12.8 Å². The van der Waals surface area contributed by atoms with E-state index in [0.717, 1.165) is 12.3 Å². The molecule has 1 atom stereocenters. The van der Waals surface area contributed by atoms with Gasteiger partial charge < -0.3 is 10.1 Å². The first kappa shape index (κ1) is 15.1. The van der Waals surface area contributed by atoms with Gasteiger partial charge in [-0.1, -0.05) is 6.92 Å². The van der Waals surface area contributed by atoms with Crippen LogP contribution in [0.25, 0.3) is 0 Å². The summed E-state index contributed by atoms with van der Waals surface area (Å²) in [6.45, 7) is 2.33. The molecule has 6 heteroatoms. The molecule has 0 fully saturated rings. The number of hydrogen-bond donors (Lipinski definition) is 1. The van der Waals surface area contributed by atoms with Crippen LogP contribution in [0.2, 0.25) is 0 Å². The summed E-state index contributed by atoms with van der Waals surface area (Å²) in [4.78, 5) is 0. The van der Waals surface area contributed by atoms with Crippen molar-refractivity contribution in [2.45, 2.75) is 13.1 Å². The quantitative estimate of drug-likeness (QED) is 0.662. The molecule has 0 aromatic rings. The van der Waals surface area contributed by atoms with Crippen LogP contribution in [0.15, 0.2) is 0 Å². The number of alkyl halides is 3. The lowest BCUT2D eigenvalue weighted by Gasteiger charge is -2.11. The first-order valence-corrected chi connectivity index (χ1v) is 6.19. The van der Waals surface area contributed by atoms with Crippen LogP contribution in [0.4, 0.5) is 13.2 Å². The summed E-state index contributed by atoms with van der Waals surface area (Å²) in [5.74, 6) is 1.58. The van der Waals surface area contributed by atoms with Crippen molar-refractivity contribution >= 4 is 11.8 Å². The molecule has 0 spiro atoms. The molecule has 0 heterocycles. The molecule has 15 heavy (non-hydrogen) atoms. The molecule has 2 nitrogen and oxygen atoms in total. The third-order valence-corrected chi connectivity index (χ3v) is 2.54. The molecule has 0 rings (SSSR count). The maximum atomic E-state index is 11.6. The van der Waals surface area contributed by atoms with Crippen LogP contribution in [0, 0.1) is 5.92 Å². The molecule has 92 valence electrons. The van der Waals surface area contributed by atoms with Gasteiger partial charge in [-0.25, -0.2) is 0 Å². The highest BCUT2D eigenvalue weighted by Crippen LogP contribution is 2.13. The van der Waals surface area contributed by atoms with Crippen molar-refractivity contribution in [1.82, 2.24) is 5.32 Å². The van der Waals surface area contributed by atoms with Crippen molar-refractivity contribution in [2.75, 3.05) is 38.3 Å². The van der Waals surface area contributed by atoms with Crippen LogP contribution in [0.3, 0.4) is 0 Å². The van der Waals surface area contributed by atoms with Gasteiger partial charge in [0.2, 0.25) is 0 Å². The Balaban J connectivity index is 3.18. The van der Waals surface area contributed by atoms with Crippen molar-refractivity contribution in [3.63, 3.8) is 0 Å². The molecule has 0 aliphatic rings. The zero-order valence-electron chi connectivity index (χ0n) is 9.06. The summed E-state index contributed by atoms with van der Waals surface area (Å²) >= 11 is 1.76. The van der Waals surface area contributed by atoms with Crippen LogP contribution in [-0.2, 0) is 4.74 Å². The molecule has 1 N–H and O–H groups in total. The Kier molecular flexibility index (Phi) is 8.27. The van der Waals surface area contributed by atoms with Gasteiger partial charge in [-0.3, -0.25) is 0 Å². The molecular formula is C9H18F3NOS. The lowest BCUT2D eigenvalue weighted by Crippen LogP contribution is -2.27. The topological polar surface area (TPSA) is 21.3 Å². The number of rotatable bonds is 8. The van der Waals surface area contributed by atoms with Crippen LogP contribution in [0.5, 0.6) is 0 Å². The lowest BCUT2D eigenvalue weighted by atomic mass is 10.2. The fourth-order valence-electron chi connectivity index (χ4n) is 1.02. The van der Waals surface area contributed by atoms with E-state index in [1.54, 1.807) is 11.8 Å². The summed E-state index contributed by atoms with van der Waals surface area (Å²) in [6.07, 6.45) is -2.19. The molecular weight excluding hydrogens is 227 g/mol. The second-order valence-electron chi connectivity index (χ2n) is 3.43. The van der Waals surface area contributed by atoms with Crippen LogP contribution >= 0.6 is 11.8 Å². The predicted octanol–water partition coefficient (Wildman–Crippen LogP) is 2.15. The number of thioether (sulfide) groups is 1. The number of halogens is 3. The van der Waals surface area contributed by atoms with Gasteiger partial charge >= 0.3 is 6.18 Å². The highest BCUT2D eigenvalue weighted by atomic mass is 32.2. The predicted molar refractivity (Wildman–Crippen MR) is 57.3 cm³/mol. The van der Waals surface area contributed by atoms with Gasteiger partial charge in [-0.15, -0.1) is 0 Å². The number of ether oxygens (including phenoxy) is 1. The first-order chi connectivity index (χ1) is 6.95. The van der Waals surface area contributed by atoms with E-state index in [9.17, 15) is 13.2 Å². The van der Waals surface area contributed by atoms with Crippen molar-refractivity contribution in [1.29, 1.82) is 0 Å². The smallest absolute Gasteiger partial charge is 0.371 e. The van der Waals surface area contributed by atoms with Crippen molar-refractivity contribution in [3.05, 3.63) is 0 Å². The summed E-state index contributed by atoms with van der Waals surface area (Å²) in [5.41, 5.74) is 0. The molecule has 0 bridgehead atoms. The van der Waals surface area contributed by atoms with E-state index >= 15 is 0 Å². The Morgan fingerprint density at radius 2 is 2.07 bits per heavy atom. The maximum absolute atomic E-state index is 11.6. The first-order valence-electron chi connectivity index (χ1n) is 4.80. The van der Waals surface area contributed by atoms with Gasteiger partial charge in [-0.2, -0.15) is 24.9 Å². The number of hydrogen-bond acceptors (Lipinski definition) is 3. The van der Waals surface area contributed by atoms with Crippen LogP contribution < -0.4 is 5.32 Å². The van der Waals surface area contributed by atoms with Gasteiger partial charge in [0.05, 0.1) is 6.61 Å². The van der Waals surface area contributed by atoms with Crippen molar-refractivity contribution in [3.8, 4) is 0 Å².